The quantitative estimate of drug-likeness (QED) is 0.634. The summed E-state index contributed by atoms with van der Waals surface area (Å²) in [6, 6.07) is 10.8. The number of benzene rings is 2. The van der Waals surface area contributed by atoms with Crippen molar-refractivity contribution in [2.24, 2.45) is 0 Å². The minimum absolute atomic E-state index is 0.0549. The van der Waals surface area contributed by atoms with Crippen LogP contribution in [0.1, 0.15) is 39.3 Å². The second-order valence-corrected chi connectivity index (χ2v) is 8.53. The van der Waals surface area contributed by atoms with Crippen molar-refractivity contribution in [2.75, 3.05) is 18.7 Å². The lowest BCUT2D eigenvalue weighted by atomic mass is 10.1. The third-order valence-electron chi connectivity index (χ3n) is 5.39. The number of nitrogens with one attached hydrogen (secondary N) is 1. The number of carbonyl (C=O) groups is 2. The van der Waals surface area contributed by atoms with E-state index < -0.39 is 0 Å². The van der Waals surface area contributed by atoms with Crippen LogP contribution in [-0.2, 0) is 11.2 Å². The van der Waals surface area contributed by atoms with Crippen LogP contribution < -0.4 is 14.8 Å². The number of hydrogen-bond donors (Lipinski definition) is 1. The van der Waals surface area contributed by atoms with E-state index in [0.717, 1.165) is 18.4 Å². The van der Waals surface area contributed by atoms with Gasteiger partial charge in [0.1, 0.15) is 10.8 Å². The Balaban J connectivity index is 1.26. The number of aromatic nitrogens is 2. The number of anilines is 1. The maximum absolute atomic E-state index is 13.1. The predicted molar refractivity (Wildman–Crippen MR) is 114 cm³/mol. The van der Waals surface area contributed by atoms with E-state index in [1.165, 1.54) is 23.5 Å². The third-order valence-corrected chi connectivity index (χ3v) is 6.42. The molecule has 0 spiro atoms. The highest BCUT2D eigenvalue weighted by Crippen LogP contribution is 2.36. The lowest BCUT2D eigenvalue weighted by molar-refractivity contribution is -0.131. The summed E-state index contributed by atoms with van der Waals surface area (Å²) < 4.78 is 23.7. The van der Waals surface area contributed by atoms with Crippen molar-refractivity contribution in [1.82, 2.24) is 15.1 Å². The van der Waals surface area contributed by atoms with Gasteiger partial charge in [-0.15, -0.1) is 10.2 Å². The van der Waals surface area contributed by atoms with E-state index in [9.17, 15) is 14.0 Å². The third kappa shape index (κ3) is 4.13. The van der Waals surface area contributed by atoms with Crippen LogP contribution in [-0.4, -0.2) is 40.2 Å². The molecule has 164 valence electrons. The predicted octanol–water partition coefficient (Wildman–Crippen LogP) is 3.56. The van der Waals surface area contributed by atoms with E-state index in [-0.39, 0.29) is 41.9 Å². The lowest BCUT2D eigenvalue weighted by Gasteiger charge is -2.22. The number of amides is 2. The molecule has 0 unspecified atom stereocenters. The summed E-state index contributed by atoms with van der Waals surface area (Å²) in [5.41, 5.74) is 1.32. The van der Waals surface area contributed by atoms with Crippen molar-refractivity contribution in [3.63, 3.8) is 0 Å². The second-order valence-electron chi connectivity index (χ2n) is 7.52. The Morgan fingerprint density at radius 2 is 1.94 bits per heavy atom. The summed E-state index contributed by atoms with van der Waals surface area (Å²) >= 11 is 1.18. The van der Waals surface area contributed by atoms with Crippen LogP contribution in [0.25, 0.3) is 0 Å². The molecule has 2 aromatic carbocycles. The highest BCUT2D eigenvalue weighted by atomic mass is 32.1. The van der Waals surface area contributed by atoms with Crippen molar-refractivity contribution >= 4 is 28.8 Å². The first kappa shape index (κ1) is 20.4. The van der Waals surface area contributed by atoms with Gasteiger partial charge < -0.3 is 19.7 Å². The van der Waals surface area contributed by atoms with Crippen LogP contribution >= 0.6 is 11.3 Å². The van der Waals surface area contributed by atoms with E-state index in [1.807, 2.05) is 0 Å². The van der Waals surface area contributed by atoms with Crippen molar-refractivity contribution in [1.29, 1.82) is 0 Å². The molecule has 5 rings (SSSR count). The number of likely N-dealkylation sites (tertiary alicyclic amines) is 1. The Labute approximate surface area is 187 Å². The molecule has 1 saturated heterocycles. The standard InChI is InChI=1S/C22H19FN4O4S/c23-14-5-3-13(4-6-14)10-19(28)27-9-1-2-16(27)21-25-26-22(32-21)20(29)24-15-7-8-17-18(11-15)31-12-30-17/h3-8,11,16H,1-2,9-10,12H2,(H,24,29)/t16-/m1/s1. The monoisotopic (exact) mass is 454 g/mol. The molecule has 32 heavy (non-hydrogen) atoms. The number of ether oxygens (including phenoxy) is 2. The van der Waals surface area contributed by atoms with Crippen molar-refractivity contribution in [2.45, 2.75) is 25.3 Å². The number of carbonyl (C=O) groups excluding carboxylic acids is 2. The number of hydrogen-bond acceptors (Lipinski definition) is 7. The first-order valence-corrected chi connectivity index (χ1v) is 11.0. The van der Waals surface area contributed by atoms with Gasteiger partial charge >= 0.3 is 0 Å². The van der Waals surface area contributed by atoms with Crippen molar-refractivity contribution in [3.05, 3.63) is 63.9 Å². The van der Waals surface area contributed by atoms with E-state index in [0.29, 0.717) is 28.7 Å². The van der Waals surface area contributed by atoms with Crippen LogP contribution in [0.4, 0.5) is 10.1 Å². The van der Waals surface area contributed by atoms with Gasteiger partial charge in [0, 0.05) is 18.3 Å². The highest BCUT2D eigenvalue weighted by molar-refractivity contribution is 7.13. The average molecular weight is 454 g/mol. The molecule has 1 N–H and O–H groups in total. The van der Waals surface area contributed by atoms with Gasteiger partial charge in [-0.1, -0.05) is 23.5 Å². The summed E-state index contributed by atoms with van der Waals surface area (Å²) in [5.74, 6) is 0.436. The molecule has 0 bridgehead atoms. The summed E-state index contributed by atoms with van der Waals surface area (Å²) in [4.78, 5) is 27.3. The number of fused-ring (bicyclic) bond motifs is 1. The van der Waals surface area contributed by atoms with Gasteiger partial charge in [-0.25, -0.2) is 4.39 Å². The summed E-state index contributed by atoms with van der Waals surface area (Å²) in [6.45, 7) is 0.771. The molecule has 2 amide bonds. The zero-order valence-electron chi connectivity index (χ0n) is 16.9. The normalized spacial score (nSPS) is 16.9. The van der Waals surface area contributed by atoms with Gasteiger partial charge in [0.15, 0.2) is 11.5 Å². The maximum atomic E-state index is 13.1. The molecule has 1 fully saturated rings. The maximum Gasteiger partial charge on any atom is 0.286 e. The molecule has 3 heterocycles. The Morgan fingerprint density at radius 3 is 2.78 bits per heavy atom. The fraction of sp³-hybridized carbons (Fsp3) is 0.273. The molecule has 10 heteroatoms. The van der Waals surface area contributed by atoms with E-state index in [4.69, 9.17) is 9.47 Å². The van der Waals surface area contributed by atoms with Gasteiger partial charge in [-0.3, -0.25) is 9.59 Å². The first-order chi connectivity index (χ1) is 15.6. The van der Waals surface area contributed by atoms with Gasteiger partial charge in [0.25, 0.3) is 5.91 Å². The summed E-state index contributed by atoms with van der Waals surface area (Å²) in [5, 5.41) is 11.9. The Bertz CT molecular complexity index is 1170. The largest absolute Gasteiger partial charge is 0.454 e. The van der Waals surface area contributed by atoms with Gasteiger partial charge in [0.05, 0.1) is 12.5 Å². The number of nitrogens with zero attached hydrogens (tertiary/aromatic N) is 3. The first-order valence-electron chi connectivity index (χ1n) is 10.1. The van der Waals surface area contributed by atoms with E-state index in [1.54, 1.807) is 35.2 Å². The molecule has 2 aliphatic rings. The van der Waals surface area contributed by atoms with Crippen LogP contribution in [0.15, 0.2) is 42.5 Å². The molecular formula is C22H19FN4O4S. The molecule has 2 aliphatic heterocycles. The molecule has 1 aromatic heterocycles. The molecule has 0 radical (unpaired) electrons. The fourth-order valence-electron chi connectivity index (χ4n) is 3.82. The molecule has 1 atom stereocenters. The second kappa shape index (κ2) is 8.54. The van der Waals surface area contributed by atoms with Crippen molar-refractivity contribution < 1.29 is 23.5 Å². The van der Waals surface area contributed by atoms with Gasteiger partial charge in [-0.05, 0) is 42.7 Å². The lowest BCUT2D eigenvalue weighted by Crippen LogP contribution is -2.31. The number of rotatable bonds is 5. The zero-order chi connectivity index (χ0) is 22.1. The summed E-state index contributed by atoms with van der Waals surface area (Å²) in [6.07, 6.45) is 1.79. The molecular weight excluding hydrogens is 435 g/mol. The molecule has 0 aliphatic carbocycles. The van der Waals surface area contributed by atoms with Crippen LogP contribution in [0.5, 0.6) is 11.5 Å². The minimum atomic E-state index is -0.380. The smallest absolute Gasteiger partial charge is 0.286 e. The van der Waals surface area contributed by atoms with E-state index in [2.05, 4.69) is 15.5 Å². The minimum Gasteiger partial charge on any atom is -0.454 e. The SMILES string of the molecule is O=C(Nc1ccc2c(c1)OCO2)c1nnc([C@H]2CCCN2C(=O)Cc2ccc(F)cc2)s1. The van der Waals surface area contributed by atoms with Crippen LogP contribution in [0.3, 0.4) is 0 Å². The molecule has 0 saturated carbocycles. The van der Waals surface area contributed by atoms with Gasteiger partial charge in [-0.2, -0.15) is 0 Å². The Morgan fingerprint density at radius 1 is 1.12 bits per heavy atom. The van der Waals surface area contributed by atoms with Gasteiger partial charge in [0.2, 0.25) is 17.7 Å². The topological polar surface area (TPSA) is 93.7 Å². The zero-order valence-corrected chi connectivity index (χ0v) is 17.7. The van der Waals surface area contributed by atoms with Crippen LogP contribution in [0.2, 0.25) is 0 Å². The average Bonchev–Trinajstić information content (AvgIpc) is 3.54. The Kier molecular flexibility index (Phi) is 5.44. The number of halogens is 1. The van der Waals surface area contributed by atoms with Crippen LogP contribution in [0, 0.1) is 5.82 Å². The molecule has 3 aromatic rings. The molecule has 8 nitrogen and oxygen atoms in total. The fourth-order valence-corrected chi connectivity index (χ4v) is 4.71. The Hall–Kier alpha value is -3.53. The highest BCUT2D eigenvalue weighted by Gasteiger charge is 2.33. The summed E-state index contributed by atoms with van der Waals surface area (Å²) in [7, 11) is 0. The van der Waals surface area contributed by atoms with Crippen molar-refractivity contribution in [3.8, 4) is 11.5 Å². The van der Waals surface area contributed by atoms with E-state index >= 15 is 0 Å².